The average molecular weight is 669 g/mol. The Hall–Kier alpha value is -1.78. The molecule has 14 heteroatoms. The fourth-order valence-electron chi connectivity index (χ4n) is 1.83. The summed E-state index contributed by atoms with van der Waals surface area (Å²) in [4.78, 5) is 41.6. The number of ether oxygens (including phenoxy) is 1. The van der Waals surface area contributed by atoms with Gasteiger partial charge in [0, 0.05) is 19.3 Å². The second-order valence-electron chi connectivity index (χ2n) is 4.88. The van der Waals surface area contributed by atoms with Gasteiger partial charge in [-0.3, -0.25) is 20.2 Å². The summed E-state index contributed by atoms with van der Waals surface area (Å²) in [5.41, 5.74) is -0.956. The zero-order chi connectivity index (χ0) is 22.5. The Kier molecular flexibility index (Phi) is 9.44. The van der Waals surface area contributed by atoms with E-state index in [1.54, 1.807) is 22.6 Å². The number of esters is 1. The van der Waals surface area contributed by atoms with Crippen molar-refractivity contribution in [1.29, 1.82) is 0 Å². The van der Waals surface area contributed by atoms with Crippen molar-refractivity contribution in [1.82, 2.24) is 0 Å². The van der Waals surface area contributed by atoms with E-state index in [4.69, 9.17) is 28.3 Å². The topological polar surface area (TPSA) is 150 Å². The number of aromatic carboxylic acids is 1. The summed E-state index contributed by atoms with van der Waals surface area (Å²) in [6, 6.07) is 5.21. The van der Waals surface area contributed by atoms with Gasteiger partial charge in [-0.05, 0) is 57.3 Å². The largest absolute Gasteiger partial charge is 0.478 e. The predicted molar refractivity (Wildman–Crippen MR) is 120 cm³/mol. The molecule has 0 atom stereocenters. The lowest BCUT2D eigenvalue weighted by Gasteiger charge is -2.03. The number of halogens is 4. The molecule has 0 aliphatic carbocycles. The summed E-state index contributed by atoms with van der Waals surface area (Å²) in [6.07, 6.45) is 0. The molecule has 2 aromatic rings. The van der Waals surface area contributed by atoms with Gasteiger partial charge in [0.1, 0.15) is 10.0 Å². The van der Waals surface area contributed by atoms with Gasteiger partial charge in [-0.2, -0.15) is 0 Å². The van der Waals surface area contributed by atoms with E-state index in [2.05, 4.69) is 4.74 Å². The number of carbonyl (C=O) groups excluding carboxylic acids is 1. The van der Waals surface area contributed by atoms with Crippen molar-refractivity contribution in [3.05, 3.63) is 72.8 Å². The quantitative estimate of drug-likeness (QED) is 0.202. The Morgan fingerprint density at radius 2 is 1.31 bits per heavy atom. The van der Waals surface area contributed by atoms with E-state index in [0.29, 0.717) is 7.14 Å². The number of nitrogens with zero attached hydrogens (tertiary/aromatic N) is 2. The van der Waals surface area contributed by atoms with Crippen molar-refractivity contribution in [3.8, 4) is 0 Å². The van der Waals surface area contributed by atoms with Gasteiger partial charge in [-0.15, -0.1) is 0 Å². The van der Waals surface area contributed by atoms with Gasteiger partial charge >= 0.3 is 11.9 Å². The van der Waals surface area contributed by atoms with Crippen LogP contribution in [-0.4, -0.2) is 34.0 Å². The maximum atomic E-state index is 11.2. The van der Waals surface area contributed by atoms with Gasteiger partial charge < -0.3 is 9.84 Å². The van der Waals surface area contributed by atoms with Crippen molar-refractivity contribution in [3.63, 3.8) is 0 Å². The molecule has 10 nitrogen and oxygen atoms in total. The molecule has 0 spiro atoms. The van der Waals surface area contributed by atoms with E-state index in [-0.39, 0.29) is 26.9 Å². The summed E-state index contributed by atoms with van der Waals surface area (Å²) in [5, 5.41) is 29.2. The first-order chi connectivity index (χ1) is 13.4. The van der Waals surface area contributed by atoms with Crippen LogP contribution < -0.4 is 0 Å². The van der Waals surface area contributed by atoms with E-state index < -0.39 is 27.5 Å². The van der Waals surface area contributed by atoms with Crippen LogP contribution in [0.3, 0.4) is 0 Å². The molecular weight excluding hydrogens is 661 g/mol. The van der Waals surface area contributed by atoms with Gasteiger partial charge in [0.15, 0.2) is 0 Å². The van der Waals surface area contributed by atoms with Crippen LogP contribution in [0.15, 0.2) is 24.3 Å². The highest BCUT2D eigenvalue weighted by Gasteiger charge is 2.22. The molecule has 0 heterocycles. The number of nitro benzene ring substituents is 2. The summed E-state index contributed by atoms with van der Waals surface area (Å²) < 4.78 is 5.46. The predicted octanol–water partition coefficient (Wildman–Crippen LogP) is 5.19. The Morgan fingerprint density at radius 1 is 0.931 bits per heavy atom. The first-order valence-corrected chi connectivity index (χ1v) is 9.90. The lowest BCUT2D eigenvalue weighted by Crippen LogP contribution is -2.04. The Morgan fingerprint density at radius 3 is 1.66 bits per heavy atom. The zero-order valence-electron chi connectivity index (χ0n) is 14.0. The van der Waals surface area contributed by atoms with Gasteiger partial charge in [-0.1, -0.05) is 23.2 Å². The third kappa shape index (κ3) is 6.61. The van der Waals surface area contributed by atoms with Crippen LogP contribution in [-0.2, 0) is 4.74 Å². The molecule has 0 saturated heterocycles. The average Bonchev–Trinajstić information content (AvgIpc) is 2.64. The third-order valence-corrected chi connectivity index (χ3v) is 5.11. The Bertz CT molecular complexity index is 981. The lowest BCUT2D eigenvalue weighted by atomic mass is 10.2. The number of carboxylic acids is 1. The smallest absolute Gasteiger partial charge is 0.339 e. The van der Waals surface area contributed by atoms with Crippen LogP contribution in [0.2, 0.25) is 10.0 Å². The van der Waals surface area contributed by atoms with E-state index in [9.17, 15) is 29.8 Å². The number of rotatable bonds is 4. The first-order valence-electron chi connectivity index (χ1n) is 6.99. The van der Waals surface area contributed by atoms with E-state index in [1.807, 2.05) is 22.6 Å². The molecule has 0 radical (unpaired) electrons. The molecule has 29 heavy (non-hydrogen) atoms. The summed E-state index contributed by atoms with van der Waals surface area (Å²) >= 11 is 14.9. The fraction of sp³-hybridized carbons (Fsp3) is 0.0667. The molecule has 1 N–H and O–H groups in total. The number of hydrogen-bond donors (Lipinski definition) is 1. The standard InChI is InChI=1S/C8H5ClINO4.C7H3ClINO4/c1-15-8(12)5-2-4(10)3-6(7(5)9)11(13)14;8-6-4(7(11)12)1-3(9)2-5(6)10(13)14/h2-3H,1H3;1-2H,(H,11,12). The molecule has 0 fully saturated rings. The SMILES string of the molecule is COC(=O)c1cc(I)cc([N+](=O)[O-])c1Cl.O=C(O)c1cc(I)cc([N+](=O)[O-])c1Cl. The molecule has 0 bridgehead atoms. The van der Waals surface area contributed by atoms with E-state index in [0.717, 1.165) is 0 Å². The van der Waals surface area contributed by atoms with Crippen LogP contribution in [0.25, 0.3) is 0 Å². The molecule has 0 aliphatic rings. The third-order valence-electron chi connectivity index (χ3n) is 3.07. The number of carbonyl (C=O) groups is 2. The summed E-state index contributed by atoms with van der Waals surface area (Å²) in [7, 11) is 1.18. The van der Waals surface area contributed by atoms with Crippen molar-refractivity contribution < 1.29 is 29.3 Å². The van der Waals surface area contributed by atoms with Crippen LogP contribution in [0.5, 0.6) is 0 Å². The van der Waals surface area contributed by atoms with E-state index in [1.165, 1.54) is 31.4 Å². The van der Waals surface area contributed by atoms with Crippen LogP contribution in [0, 0.1) is 27.4 Å². The van der Waals surface area contributed by atoms with Crippen LogP contribution in [0.4, 0.5) is 11.4 Å². The normalized spacial score (nSPS) is 9.83. The van der Waals surface area contributed by atoms with Gasteiger partial charge in [0.05, 0.1) is 28.1 Å². The van der Waals surface area contributed by atoms with Crippen LogP contribution in [0.1, 0.15) is 20.7 Å². The first kappa shape index (κ1) is 25.3. The van der Waals surface area contributed by atoms with Crippen molar-refractivity contribution in [2.75, 3.05) is 7.11 Å². The second kappa shape index (κ2) is 10.8. The fourth-order valence-corrected chi connectivity index (χ4v) is 3.56. The minimum Gasteiger partial charge on any atom is -0.478 e. The molecule has 154 valence electrons. The molecule has 0 saturated carbocycles. The van der Waals surface area contributed by atoms with Gasteiger partial charge in [0.25, 0.3) is 11.4 Å². The van der Waals surface area contributed by atoms with Crippen LogP contribution >= 0.6 is 68.4 Å². The maximum absolute atomic E-state index is 11.2. The van der Waals surface area contributed by atoms with Crippen molar-refractivity contribution >= 4 is 91.7 Å². The minimum atomic E-state index is -1.28. The van der Waals surface area contributed by atoms with Gasteiger partial charge in [-0.25, -0.2) is 9.59 Å². The summed E-state index contributed by atoms with van der Waals surface area (Å²) in [5.74, 6) is -1.97. The number of hydrogen-bond acceptors (Lipinski definition) is 7. The molecule has 0 amide bonds. The number of benzene rings is 2. The highest BCUT2D eigenvalue weighted by atomic mass is 127. The van der Waals surface area contributed by atoms with E-state index >= 15 is 0 Å². The Balaban J connectivity index is 0.000000291. The highest BCUT2D eigenvalue weighted by molar-refractivity contribution is 14.1. The minimum absolute atomic E-state index is 0.00207. The molecule has 0 unspecified atom stereocenters. The maximum Gasteiger partial charge on any atom is 0.339 e. The number of carboxylic acid groups (broad SMARTS) is 1. The molecule has 2 aromatic carbocycles. The zero-order valence-corrected chi connectivity index (χ0v) is 19.8. The van der Waals surface area contributed by atoms with Gasteiger partial charge in [0.2, 0.25) is 0 Å². The highest BCUT2D eigenvalue weighted by Crippen LogP contribution is 2.31. The summed E-state index contributed by atoms with van der Waals surface area (Å²) in [6.45, 7) is 0. The molecular formula is C15H8Cl2I2N2O8. The second-order valence-corrected chi connectivity index (χ2v) is 8.13. The Labute approximate surface area is 199 Å². The molecule has 0 aromatic heterocycles. The lowest BCUT2D eigenvalue weighted by molar-refractivity contribution is -0.384. The van der Waals surface area contributed by atoms with Crippen molar-refractivity contribution in [2.45, 2.75) is 0 Å². The monoisotopic (exact) mass is 668 g/mol. The number of nitro groups is 2. The van der Waals surface area contributed by atoms with Crippen molar-refractivity contribution in [2.24, 2.45) is 0 Å². The number of methoxy groups -OCH3 is 1. The molecule has 0 aliphatic heterocycles. The molecule has 2 rings (SSSR count).